The first kappa shape index (κ1) is 9.13. The van der Waals surface area contributed by atoms with Gasteiger partial charge < -0.3 is 14.6 Å². The van der Waals surface area contributed by atoms with E-state index < -0.39 is 5.60 Å². The van der Waals surface area contributed by atoms with Crippen LogP contribution in [0.5, 0.6) is 0 Å². The third-order valence-corrected chi connectivity index (χ3v) is 3.83. The smallest absolute Gasteiger partial charge is 0.169 e. The number of hydrogen-bond acceptors (Lipinski definition) is 3. The van der Waals surface area contributed by atoms with E-state index >= 15 is 0 Å². The Morgan fingerprint density at radius 3 is 2.36 bits per heavy atom. The van der Waals surface area contributed by atoms with Crippen molar-refractivity contribution in [2.75, 3.05) is 6.61 Å². The lowest BCUT2D eigenvalue weighted by molar-refractivity contribution is -0.198. The van der Waals surface area contributed by atoms with Gasteiger partial charge in [0.25, 0.3) is 0 Å². The summed E-state index contributed by atoms with van der Waals surface area (Å²) in [5, 5.41) is 9.94. The van der Waals surface area contributed by atoms with Gasteiger partial charge in [0.15, 0.2) is 5.79 Å². The van der Waals surface area contributed by atoms with Crippen molar-refractivity contribution in [2.24, 2.45) is 0 Å². The first-order valence-electron chi connectivity index (χ1n) is 5.77. The van der Waals surface area contributed by atoms with Crippen LogP contribution in [0.1, 0.15) is 44.9 Å². The molecule has 0 aromatic heterocycles. The third kappa shape index (κ3) is 1.38. The Morgan fingerprint density at radius 1 is 1.00 bits per heavy atom. The molecule has 1 N–H and O–H groups in total. The van der Waals surface area contributed by atoms with Crippen molar-refractivity contribution in [1.29, 1.82) is 0 Å². The normalized spacial score (nSPS) is 38.8. The molecule has 1 spiro atoms. The van der Waals surface area contributed by atoms with E-state index in [4.69, 9.17) is 9.47 Å². The molecule has 0 unspecified atom stereocenters. The van der Waals surface area contributed by atoms with Gasteiger partial charge in [0.05, 0.1) is 12.2 Å². The first-order chi connectivity index (χ1) is 6.73. The zero-order valence-electron chi connectivity index (χ0n) is 8.50. The summed E-state index contributed by atoms with van der Waals surface area (Å²) in [6.45, 7) is 0.594. The van der Waals surface area contributed by atoms with Gasteiger partial charge in [-0.05, 0) is 25.7 Å². The van der Waals surface area contributed by atoms with Crippen LogP contribution < -0.4 is 0 Å². The van der Waals surface area contributed by atoms with Crippen LogP contribution in [-0.2, 0) is 9.47 Å². The zero-order valence-corrected chi connectivity index (χ0v) is 8.50. The second-order valence-electron chi connectivity index (χ2n) is 4.99. The van der Waals surface area contributed by atoms with Crippen LogP contribution in [0.2, 0.25) is 0 Å². The van der Waals surface area contributed by atoms with Crippen molar-refractivity contribution in [1.82, 2.24) is 0 Å². The minimum Gasteiger partial charge on any atom is -0.387 e. The molecule has 3 heteroatoms. The van der Waals surface area contributed by atoms with E-state index in [9.17, 15) is 5.11 Å². The van der Waals surface area contributed by atoms with E-state index in [-0.39, 0.29) is 11.9 Å². The third-order valence-electron chi connectivity index (χ3n) is 3.83. The van der Waals surface area contributed by atoms with Crippen LogP contribution in [0, 0.1) is 0 Å². The number of rotatable bonds is 1. The number of ether oxygens (including phenoxy) is 2. The van der Waals surface area contributed by atoms with Gasteiger partial charge in [0.2, 0.25) is 0 Å². The minimum atomic E-state index is -0.541. The highest BCUT2D eigenvalue weighted by atomic mass is 16.7. The molecule has 0 bridgehead atoms. The molecule has 2 saturated carbocycles. The van der Waals surface area contributed by atoms with Gasteiger partial charge in [-0.1, -0.05) is 6.42 Å². The van der Waals surface area contributed by atoms with Crippen molar-refractivity contribution in [2.45, 2.75) is 62.4 Å². The average molecular weight is 198 g/mol. The SMILES string of the molecule is OC1([C@H]2COC3(CCCCC3)O2)CC1. The van der Waals surface area contributed by atoms with Gasteiger partial charge in [-0.3, -0.25) is 0 Å². The van der Waals surface area contributed by atoms with Gasteiger partial charge >= 0.3 is 0 Å². The largest absolute Gasteiger partial charge is 0.387 e. The minimum absolute atomic E-state index is 0.0550. The summed E-state index contributed by atoms with van der Waals surface area (Å²) >= 11 is 0. The average Bonchev–Trinajstić information content (AvgIpc) is 2.81. The standard InChI is InChI=1S/C11H18O3/c12-10(6-7-10)9-8-13-11(14-9)4-2-1-3-5-11/h9,12H,1-8H2/t9-/m1/s1. The van der Waals surface area contributed by atoms with Crippen molar-refractivity contribution in [3.63, 3.8) is 0 Å². The quantitative estimate of drug-likeness (QED) is 0.695. The molecular formula is C11H18O3. The summed E-state index contributed by atoms with van der Waals surface area (Å²) in [7, 11) is 0. The van der Waals surface area contributed by atoms with Gasteiger partial charge in [-0.2, -0.15) is 0 Å². The second kappa shape index (κ2) is 2.94. The highest BCUT2D eigenvalue weighted by Crippen LogP contribution is 2.47. The fourth-order valence-corrected chi connectivity index (χ4v) is 2.62. The molecular weight excluding hydrogens is 180 g/mol. The monoisotopic (exact) mass is 198 g/mol. The Balaban J connectivity index is 1.67. The lowest BCUT2D eigenvalue weighted by atomic mass is 9.94. The highest BCUT2D eigenvalue weighted by molar-refractivity contribution is 5.03. The molecule has 0 amide bonds. The molecule has 0 radical (unpaired) electrons. The highest BCUT2D eigenvalue weighted by Gasteiger charge is 2.55. The fourth-order valence-electron chi connectivity index (χ4n) is 2.62. The Bertz CT molecular complexity index is 229. The van der Waals surface area contributed by atoms with E-state index in [2.05, 4.69) is 0 Å². The summed E-state index contributed by atoms with van der Waals surface area (Å²) in [5.41, 5.74) is -0.541. The van der Waals surface area contributed by atoms with E-state index in [0.29, 0.717) is 6.61 Å². The molecule has 14 heavy (non-hydrogen) atoms. The fraction of sp³-hybridized carbons (Fsp3) is 1.00. The molecule has 0 aromatic carbocycles. The summed E-state index contributed by atoms with van der Waals surface area (Å²) in [4.78, 5) is 0. The van der Waals surface area contributed by atoms with E-state index in [1.54, 1.807) is 0 Å². The molecule has 2 aliphatic carbocycles. The number of hydrogen-bond donors (Lipinski definition) is 1. The van der Waals surface area contributed by atoms with E-state index in [1.165, 1.54) is 19.3 Å². The maximum atomic E-state index is 9.94. The van der Waals surface area contributed by atoms with Crippen LogP contribution in [0.25, 0.3) is 0 Å². The van der Waals surface area contributed by atoms with Gasteiger partial charge in [0, 0.05) is 12.8 Å². The maximum Gasteiger partial charge on any atom is 0.169 e. The Labute approximate surface area is 84.4 Å². The topological polar surface area (TPSA) is 38.7 Å². The molecule has 0 aromatic rings. The molecule has 1 atom stereocenters. The van der Waals surface area contributed by atoms with Crippen molar-refractivity contribution in [3.8, 4) is 0 Å². The van der Waals surface area contributed by atoms with Crippen LogP contribution in [-0.4, -0.2) is 29.2 Å². The molecule has 3 nitrogen and oxygen atoms in total. The first-order valence-corrected chi connectivity index (χ1v) is 5.77. The van der Waals surface area contributed by atoms with Crippen LogP contribution in [0.15, 0.2) is 0 Å². The zero-order chi connectivity index (χ0) is 9.65. The van der Waals surface area contributed by atoms with Gasteiger partial charge in [0.1, 0.15) is 6.10 Å². The lowest BCUT2D eigenvalue weighted by Crippen LogP contribution is -2.36. The molecule has 3 fully saturated rings. The summed E-state index contributed by atoms with van der Waals surface area (Å²) in [6, 6.07) is 0. The van der Waals surface area contributed by atoms with Gasteiger partial charge in [-0.25, -0.2) is 0 Å². The summed E-state index contributed by atoms with van der Waals surface area (Å²) < 4.78 is 11.7. The Kier molecular flexibility index (Phi) is 1.92. The lowest BCUT2D eigenvalue weighted by Gasteiger charge is -2.32. The molecule has 3 rings (SSSR count). The van der Waals surface area contributed by atoms with Gasteiger partial charge in [-0.15, -0.1) is 0 Å². The van der Waals surface area contributed by atoms with Crippen LogP contribution in [0.3, 0.4) is 0 Å². The molecule has 1 saturated heterocycles. The molecule has 1 heterocycles. The second-order valence-corrected chi connectivity index (χ2v) is 4.99. The molecule has 3 aliphatic rings. The predicted octanol–water partition coefficient (Wildman–Crippen LogP) is 1.59. The van der Waals surface area contributed by atoms with E-state index in [1.807, 2.05) is 0 Å². The Morgan fingerprint density at radius 2 is 1.71 bits per heavy atom. The predicted molar refractivity (Wildman–Crippen MR) is 50.8 cm³/mol. The molecule has 80 valence electrons. The summed E-state index contributed by atoms with van der Waals surface area (Å²) in [6.07, 6.45) is 7.44. The van der Waals surface area contributed by atoms with Crippen molar-refractivity contribution < 1.29 is 14.6 Å². The van der Waals surface area contributed by atoms with Crippen LogP contribution in [0.4, 0.5) is 0 Å². The van der Waals surface area contributed by atoms with Crippen molar-refractivity contribution in [3.05, 3.63) is 0 Å². The van der Waals surface area contributed by atoms with E-state index in [0.717, 1.165) is 25.7 Å². The molecule has 1 aliphatic heterocycles. The number of aliphatic hydroxyl groups is 1. The maximum absolute atomic E-state index is 9.94. The van der Waals surface area contributed by atoms with Crippen molar-refractivity contribution >= 4 is 0 Å². The Hall–Kier alpha value is -0.120. The van der Waals surface area contributed by atoms with Crippen LogP contribution >= 0.6 is 0 Å². The summed E-state index contributed by atoms with van der Waals surface area (Å²) in [5.74, 6) is -0.318.